The van der Waals surface area contributed by atoms with Gasteiger partial charge in [-0.25, -0.2) is 4.79 Å². The van der Waals surface area contributed by atoms with Crippen molar-refractivity contribution >= 4 is 33.1 Å². The first kappa shape index (κ1) is 8.96. The summed E-state index contributed by atoms with van der Waals surface area (Å²) in [4.78, 5) is 10.6. The molecule has 2 rings (SSSR count). The number of thiophene rings is 1. The molecule has 0 amide bonds. The fourth-order valence-corrected chi connectivity index (χ4v) is 2.05. The van der Waals surface area contributed by atoms with E-state index in [9.17, 15) is 9.18 Å². The summed E-state index contributed by atoms with van der Waals surface area (Å²) < 4.78 is 13.7. The number of aromatic carboxylic acids is 1. The number of carboxylic acid groups (broad SMARTS) is 1. The molecule has 0 saturated carbocycles. The standard InChI is InChI=1S/C9H6FNO2S/c10-8-7(11)5-3-4(9(12)13)1-2-6(5)14-8/h1-3H,11H2,(H,12,13). The highest BCUT2D eigenvalue weighted by atomic mass is 32.1. The molecule has 0 saturated heterocycles. The van der Waals surface area contributed by atoms with Crippen LogP contribution in [-0.4, -0.2) is 11.1 Å². The number of rotatable bonds is 1. The van der Waals surface area contributed by atoms with Gasteiger partial charge in [0, 0.05) is 10.1 Å². The minimum Gasteiger partial charge on any atom is -0.478 e. The van der Waals surface area contributed by atoms with E-state index < -0.39 is 11.1 Å². The third kappa shape index (κ3) is 1.22. The molecule has 0 aliphatic rings. The molecule has 0 bridgehead atoms. The number of benzene rings is 1. The average Bonchev–Trinajstić information content (AvgIpc) is 2.43. The van der Waals surface area contributed by atoms with Gasteiger partial charge in [-0.15, -0.1) is 11.3 Å². The Labute approximate surface area is 82.6 Å². The van der Waals surface area contributed by atoms with Gasteiger partial charge in [0.1, 0.15) is 0 Å². The number of nitrogen functional groups attached to an aromatic ring is 1. The highest BCUT2D eigenvalue weighted by Crippen LogP contribution is 2.32. The lowest BCUT2D eigenvalue weighted by Gasteiger charge is -1.94. The van der Waals surface area contributed by atoms with E-state index >= 15 is 0 Å². The second-order valence-electron chi connectivity index (χ2n) is 2.81. The minimum atomic E-state index is -1.04. The van der Waals surface area contributed by atoms with Crippen LogP contribution in [0.2, 0.25) is 0 Å². The van der Waals surface area contributed by atoms with Crippen LogP contribution < -0.4 is 5.73 Å². The summed E-state index contributed by atoms with van der Waals surface area (Å²) in [5, 5.41) is 8.71. The van der Waals surface area contributed by atoms with E-state index in [2.05, 4.69) is 0 Å². The molecule has 72 valence electrons. The fourth-order valence-electron chi connectivity index (χ4n) is 1.22. The lowest BCUT2D eigenvalue weighted by molar-refractivity contribution is 0.0697. The van der Waals surface area contributed by atoms with Crippen LogP contribution in [0.3, 0.4) is 0 Å². The van der Waals surface area contributed by atoms with Crippen molar-refractivity contribution in [1.29, 1.82) is 0 Å². The van der Waals surface area contributed by atoms with Gasteiger partial charge in [0.05, 0.1) is 11.3 Å². The maximum Gasteiger partial charge on any atom is 0.335 e. The molecule has 0 spiro atoms. The predicted molar refractivity (Wildman–Crippen MR) is 53.2 cm³/mol. The zero-order valence-corrected chi connectivity index (χ0v) is 7.77. The molecule has 0 aliphatic heterocycles. The summed E-state index contributed by atoms with van der Waals surface area (Å²) in [5.74, 6) is -1.04. The van der Waals surface area contributed by atoms with Crippen LogP contribution in [0.15, 0.2) is 18.2 Å². The van der Waals surface area contributed by atoms with Crippen molar-refractivity contribution in [1.82, 2.24) is 0 Å². The molecule has 0 atom stereocenters. The van der Waals surface area contributed by atoms with Crippen LogP contribution >= 0.6 is 11.3 Å². The minimum absolute atomic E-state index is 0.0214. The van der Waals surface area contributed by atoms with Crippen molar-refractivity contribution < 1.29 is 14.3 Å². The summed E-state index contributed by atoms with van der Waals surface area (Å²) in [6.07, 6.45) is 0. The molecule has 0 radical (unpaired) electrons. The molecule has 14 heavy (non-hydrogen) atoms. The van der Waals surface area contributed by atoms with Gasteiger partial charge in [-0.2, -0.15) is 4.39 Å². The Morgan fingerprint density at radius 2 is 2.21 bits per heavy atom. The molecular weight excluding hydrogens is 205 g/mol. The number of nitrogens with two attached hydrogens (primary N) is 1. The summed E-state index contributed by atoms with van der Waals surface area (Å²) >= 11 is 0.915. The van der Waals surface area contributed by atoms with Crippen LogP contribution in [0.4, 0.5) is 10.1 Å². The molecule has 3 N–H and O–H groups in total. The molecule has 0 fully saturated rings. The Kier molecular flexibility index (Phi) is 1.89. The topological polar surface area (TPSA) is 63.3 Å². The number of anilines is 1. The molecule has 0 unspecified atom stereocenters. The molecular formula is C9H6FNO2S. The van der Waals surface area contributed by atoms with E-state index in [-0.39, 0.29) is 11.3 Å². The van der Waals surface area contributed by atoms with Gasteiger partial charge in [0.2, 0.25) is 5.13 Å². The third-order valence-corrected chi connectivity index (χ3v) is 2.90. The first-order valence-electron chi connectivity index (χ1n) is 3.80. The summed E-state index contributed by atoms with van der Waals surface area (Å²) in [6.45, 7) is 0. The van der Waals surface area contributed by atoms with Gasteiger partial charge in [-0.05, 0) is 18.2 Å². The maximum atomic E-state index is 13.0. The second-order valence-corrected chi connectivity index (χ2v) is 3.81. The van der Waals surface area contributed by atoms with Crippen LogP contribution in [0.25, 0.3) is 10.1 Å². The van der Waals surface area contributed by atoms with Crippen LogP contribution in [0.1, 0.15) is 10.4 Å². The van der Waals surface area contributed by atoms with Gasteiger partial charge < -0.3 is 10.8 Å². The van der Waals surface area contributed by atoms with Gasteiger partial charge in [-0.3, -0.25) is 0 Å². The quantitative estimate of drug-likeness (QED) is 0.760. The van der Waals surface area contributed by atoms with E-state index in [0.717, 1.165) is 11.3 Å². The first-order valence-corrected chi connectivity index (χ1v) is 4.62. The van der Waals surface area contributed by atoms with Gasteiger partial charge >= 0.3 is 5.97 Å². The van der Waals surface area contributed by atoms with Gasteiger partial charge in [0.15, 0.2) is 0 Å². The Balaban J connectivity index is 2.76. The van der Waals surface area contributed by atoms with Crippen molar-refractivity contribution in [3.63, 3.8) is 0 Å². The van der Waals surface area contributed by atoms with Crippen molar-refractivity contribution in [3.05, 3.63) is 28.9 Å². The van der Waals surface area contributed by atoms with Crippen LogP contribution in [-0.2, 0) is 0 Å². The molecule has 1 aromatic heterocycles. The summed E-state index contributed by atoms with van der Waals surface area (Å²) in [7, 11) is 0. The number of hydrogen-bond acceptors (Lipinski definition) is 3. The molecule has 0 aliphatic carbocycles. The maximum absolute atomic E-state index is 13.0. The first-order chi connectivity index (χ1) is 6.59. The van der Waals surface area contributed by atoms with Crippen molar-refractivity contribution in [2.75, 3.05) is 5.73 Å². The molecule has 3 nitrogen and oxygen atoms in total. The number of carboxylic acids is 1. The number of hydrogen-bond donors (Lipinski definition) is 2. The molecule has 5 heteroatoms. The highest BCUT2D eigenvalue weighted by Gasteiger charge is 2.11. The zero-order valence-electron chi connectivity index (χ0n) is 6.95. The average molecular weight is 211 g/mol. The summed E-state index contributed by atoms with van der Waals surface area (Å²) in [6, 6.07) is 4.37. The Morgan fingerprint density at radius 1 is 1.50 bits per heavy atom. The van der Waals surface area contributed by atoms with Gasteiger partial charge in [-0.1, -0.05) is 0 Å². The monoisotopic (exact) mass is 211 g/mol. The van der Waals surface area contributed by atoms with Crippen molar-refractivity contribution in [2.45, 2.75) is 0 Å². The van der Waals surface area contributed by atoms with E-state index in [0.29, 0.717) is 10.1 Å². The number of fused-ring (bicyclic) bond motifs is 1. The number of carbonyl (C=O) groups is 1. The lowest BCUT2D eigenvalue weighted by atomic mass is 10.1. The Bertz CT molecular complexity index is 521. The third-order valence-electron chi connectivity index (χ3n) is 1.93. The van der Waals surface area contributed by atoms with Crippen molar-refractivity contribution in [3.8, 4) is 0 Å². The van der Waals surface area contributed by atoms with Gasteiger partial charge in [0.25, 0.3) is 0 Å². The Hall–Kier alpha value is -1.62. The molecule has 1 heterocycles. The lowest BCUT2D eigenvalue weighted by Crippen LogP contribution is -1.95. The fraction of sp³-hybridized carbons (Fsp3) is 0. The SMILES string of the molecule is Nc1c(F)sc2ccc(C(=O)O)cc12. The van der Waals surface area contributed by atoms with Crippen molar-refractivity contribution in [2.24, 2.45) is 0 Å². The van der Waals surface area contributed by atoms with E-state index in [1.54, 1.807) is 6.07 Å². The highest BCUT2D eigenvalue weighted by molar-refractivity contribution is 7.18. The smallest absolute Gasteiger partial charge is 0.335 e. The Morgan fingerprint density at radius 3 is 2.86 bits per heavy atom. The predicted octanol–water partition coefficient (Wildman–Crippen LogP) is 2.32. The van der Waals surface area contributed by atoms with Crippen LogP contribution in [0.5, 0.6) is 0 Å². The largest absolute Gasteiger partial charge is 0.478 e. The van der Waals surface area contributed by atoms with Crippen LogP contribution in [0, 0.1) is 5.13 Å². The second kappa shape index (κ2) is 2.95. The van der Waals surface area contributed by atoms with E-state index in [1.807, 2.05) is 0 Å². The van der Waals surface area contributed by atoms with E-state index in [1.165, 1.54) is 12.1 Å². The van der Waals surface area contributed by atoms with E-state index in [4.69, 9.17) is 10.8 Å². The molecule has 2 aromatic rings. The summed E-state index contributed by atoms with van der Waals surface area (Å²) in [5.41, 5.74) is 5.58. The normalized spacial score (nSPS) is 10.6. The zero-order chi connectivity index (χ0) is 10.3. The molecule has 1 aromatic carbocycles. The number of halogens is 1.